The summed E-state index contributed by atoms with van der Waals surface area (Å²) in [5.74, 6) is 6.09. The maximum absolute atomic E-state index is 14.4. The number of likely N-dealkylation sites (tertiary alicyclic amines) is 2. The first kappa shape index (κ1) is 44.7. The number of hydrogen-bond donors (Lipinski definition) is 1. The fraction of sp³-hybridized carbons (Fsp3) is 0.400. The van der Waals surface area contributed by atoms with Gasteiger partial charge in [-0.15, -0.1) is 0 Å². The third-order valence-electron chi connectivity index (χ3n) is 13.5. The van der Waals surface area contributed by atoms with E-state index in [0.717, 1.165) is 29.7 Å². The van der Waals surface area contributed by atoms with Crippen LogP contribution in [0.25, 0.3) is 21.8 Å². The molecule has 2 aromatic heterocycles. The van der Waals surface area contributed by atoms with E-state index in [1.165, 1.54) is 76.1 Å². The molecule has 2 saturated heterocycles. The minimum absolute atomic E-state index is 0.100. The average molecular weight is 905 g/mol. The molecule has 0 radical (unpaired) electrons. The van der Waals surface area contributed by atoms with Crippen LogP contribution >= 0.6 is 0 Å². The largest absolute Gasteiger partial charge is 0.493 e. The topological polar surface area (TPSA) is 157 Å². The molecule has 4 fully saturated rings. The maximum atomic E-state index is 14.4. The molecule has 2 saturated carbocycles. The van der Waals surface area contributed by atoms with Gasteiger partial charge in [0.05, 0.1) is 49.5 Å². The highest BCUT2D eigenvalue weighted by atomic mass is 19.1. The van der Waals surface area contributed by atoms with Crippen LogP contribution in [0.2, 0.25) is 0 Å². The number of ether oxygens (including phenoxy) is 6. The number of nitrogen functional groups attached to an aromatic ring is 1. The zero-order valence-electron chi connectivity index (χ0n) is 37.5. The van der Waals surface area contributed by atoms with Gasteiger partial charge in [0.1, 0.15) is 11.5 Å². The Labute approximate surface area is 381 Å². The first-order valence-electron chi connectivity index (χ1n) is 22.3. The molecular weight excluding hydrogens is 851 g/mol. The quantitative estimate of drug-likeness (QED) is 0.0664. The number of nitrogens with two attached hydrogens (primary N) is 1. The van der Waals surface area contributed by atoms with E-state index in [1.807, 2.05) is 12.1 Å². The molecule has 2 aliphatic heterocycles. The third-order valence-corrected chi connectivity index (χ3v) is 13.5. The van der Waals surface area contributed by atoms with Gasteiger partial charge in [-0.3, -0.25) is 20.1 Å². The van der Waals surface area contributed by atoms with Gasteiger partial charge in [0.15, 0.2) is 46.1 Å². The lowest BCUT2D eigenvalue weighted by Crippen LogP contribution is -2.18. The van der Waals surface area contributed by atoms with Gasteiger partial charge in [-0.25, -0.2) is 8.78 Å². The number of rotatable bonds is 13. The molecule has 2 aliphatic carbocycles. The van der Waals surface area contributed by atoms with Crippen molar-refractivity contribution in [1.29, 1.82) is 0 Å². The highest BCUT2D eigenvalue weighted by Crippen LogP contribution is 2.45. The number of benzene rings is 4. The Morgan fingerprint density at radius 1 is 0.606 bits per heavy atom. The first-order chi connectivity index (χ1) is 31.9. The van der Waals surface area contributed by atoms with Crippen molar-refractivity contribution >= 4 is 33.2 Å². The van der Waals surface area contributed by atoms with Crippen molar-refractivity contribution in [2.75, 3.05) is 73.4 Å². The number of halogens is 2. The normalized spacial score (nSPS) is 22.4. The van der Waals surface area contributed by atoms with Crippen LogP contribution in [0, 0.1) is 57.3 Å². The Bertz CT molecular complexity index is 2720. The summed E-state index contributed by atoms with van der Waals surface area (Å²) >= 11 is 0. The Morgan fingerprint density at radius 3 is 1.45 bits per heavy atom. The van der Waals surface area contributed by atoms with Crippen molar-refractivity contribution < 1.29 is 42.1 Å². The van der Waals surface area contributed by atoms with E-state index >= 15 is 0 Å². The van der Waals surface area contributed by atoms with Crippen LogP contribution in [-0.4, -0.2) is 92.4 Å². The van der Waals surface area contributed by atoms with Crippen molar-refractivity contribution in [2.45, 2.75) is 25.7 Å². The molecule has 14 nitrogen and oxygen atoms in total. The SMILES string of the molecule is COc1cc2c(Oc3ccc(N)cc3F)ccnc2cc1OCC1CC2CN(C)CC2C1.COc1cc2c(Oc3ccc([N+](=O)[O-])cc3F)ccnc2cc1OCC1CC2CN(C)CC2C1. The lowest BCUT2D eigenvalue weighted by atomic mass is 10.0. The predicted molar refractivity (Wildman–Crippen MR) is 246 cm³/mol. The van der Waals surface area contributed by atoms with E-state index in [2.05, 4.69) is 33.9 Å². The van der Waals surface area contributed by atoms with Crippen LogP contribution in [0.15, 0.2) is 85.2 Å². The van der Waals surface area contributed by atoms with E-state index in [0.29, 0.717) is 87.0 Å². The lowest BCUT2D eigenvalue weighted by molar-refractivity contribution is -0.385. The predicted octanol–water partition coefficient (Wildman–Crippen LogP) is 9.77. The Hall–Kier alpha value is -6.52. The number of nitro benzene ring substituents is 1. The molecule has 0 spiro atoms. The monoisotopic (exact) mass is 904 g/mol. The van der Waals surface area contributed by atoms with Crippen LogP contribution < -0.4 is 34.2 Å². The second kappa shape index (κ2) is 19.1. The molecule has 16 heteroatoms. The molecule has 4 aromatic carbocycles. The summed E-state index contributed by atoms with van der Waals surface area (Å²) in [4.78, 5) is 23.9. The van der Waals surface area contributed by atoms with Crippen LogP contribution in [0.3, 0.4) is 0 Å². The van der Waals surface area contributed by atoms with Crippen LogP contribution in [-0.2, 0) is 0 Å². The van der Waals surface area contributed by atoms with Gasteiger partial charge < -0.3 is 44.0 Å². The molecular formula is C50H54F2N6O8. The Balaban J connectivity index is 0.000000166. The molecule has 2 N–H and O–H groups in total. The van der Waals surface area contributed by atoms with Gasteiger partial charge in [-0.2, -0.15) is 0 Å². The number of pyridine rings is 2. The van der Waals surface area contributed by atoms with Crippen molar-refractivity contribution in [3.8, 4) is 46.0 Å². The molecule has 0 bridgehead atoms. The van der Waals surface area contributed by atoms with E-state index in [9.17, 15) is 18.9 Å². The fourth-order valence-electron chi connectivity index (χ4n) is 10.5. The summed E-state index contributed by atoms with van der Waals surface area (Å²) in [5.41, 5.74) is 6.94. The maximum Gasteiger partial charge on any atom is 0.272 e. The first-order valence-corrected chi connectivity index (χ1v) is 22.3. The Kier molecular flexibility index (Phi) is 13.0. The van der Waals surface area contributed by atoms with Gasteiger partial charge in [-0.05, 0) is 118 Å². The molecule has 10 rings (SSSR count). The minimum atomic E-state index is -0.821. The lowest BCUT2D eigenvalue weighted by Gasteiger charge is -2.17. The number of hydrogen-bond acceptors (Lipinski definition) is 13. The number of non-ortho nitro benzene ring substituents is 1. The summed E-state index contributed by atoms with van der Waals surface area (Å²) in [6.07, 6.45) is 8.00. The minimum Gasteiger partial charge on any atom is -0.493 e. The zero-order valence-corrected chi connectivity index (χ0v) is 37.5. The smallest absolute Gasteiger partial charge is 0.272 e. The number of aromatic nitrogens is 2. The highest BCUT2D eigenvalue weighted by Gasteiger charge is 2.41. The van der Waals surface area contributed by atoms with Crippen LogP contribution in [0.1, 0.15) is 25.7 Å². The van der Waals surface area contributed by atoms with Gasteiger partial charge in [0, 0.05) is 79.3 Å². The summed E-state index contributed by atoms with van der Waals surface area (Å²) in [6, 6.07) is 18.2. The van der Waals surface area contributed by atoms with Crippen molar-refractivity contribution in [3.63, 3.8) is 0 Å². The molecule has 4 heterocycles. The van der Waals surface area contributed by atoms with Gasteiger partial charge in [0.2, 0.25) is 0 Å². The zero-order chi connectivity index (χ0) is 46.1. The number of methoxy groups -OCH3 is 2. The second-order valence-corrected chi connectivity index (χ2v) is 18.2. The molecule has 0 amide bonds. The summed E-state index contributed by atoms with van der Waals surface area (Å²) in [7, 11) is 7.57. The molecule has 346 valence electrons. The average Bonchev–Trinajstić information content (AvgIpc) is 4.05. The number of nitro groups is 1. The van der Waals surface area contributed by atoms with E-state index in [1.54, 1.807) is 56.9 Å². The summed E-state index contributed by atoms with van der Waals surface area (Å²) in [6.45, 7) is 6.03. The molecule has 4 aliphatic rings. The van der Waals surface area contributed by atoms with Crippen LogP contribution in [0.4, 0.5) is 20.2 Å². The third kappa shape index (κ3) is 9.70. The molecule has 6 aromatic rings. The van der Waals surface area contributed by atoms with E-state index < -0.39 is 16.6 Å². The van der Waals surface area contributed by atoms with Crippen molar-refractivity contribution in [3.05, 3.63) is 107 Å². The number of fused-ring (bicyclic) bond motifs is 4. The number of anilines is 1. The van der Waals surface area contributed by atoms with E-state index in [-0.39, 0.29) is 17.2 Å². The van der Waals surface area contributed by atoms with Gasteiger partial charge in [-0.1, -0.05) is 0 Å². The van der Waals surface area contributed by atoms with Gasteiger partial charge >= 0.3 is 0 Å². The molecule has 66 heavy (non-hydrogen) atoms. The van der Waals surface area contributed by atoms with Crippen molar-refractivity contribution in [1.82, 2.24) is 19.8 Å². The Morgan fingerprint density at radius 2 is 1.05 bits per heavy atom. The van der Waals surface area contributed by atoms with E-state index in [4.69, 9.17) is 34.2 Å². The second-order valence-electron chi connectivity index (χ2n) is 18.2. The molecule has 4 unspecified atom stereocenters. The summed E-state index contributed by atoms with van der Waals surface area (Å²) < 4.78 is 63.7. The standard InChI is InChI=1S/C25H26FN3O5.C25H28FN3O3/c1-28-12-16-7-15(8-17(16)13-28)14-33-25-11-21-19(10-24(25)32-2)22(5-6-27-21)34-23-4-3-18(29(30)31)9-20(23)26;1-29-12-16-7-15(8-17(16)13-29)14-31-25-11-21-19(10-24(25)30-2)22(5-6-28-21)32-23-4-3-18(27)9-20(23)26/h3-6,9-11,15-17H,7-8,12-14H2,1-2H3;3-6,9-11,15-17H,7-8,12-14,27H2,1-2H3. The summed E-state index contributed by atoms with van der Waals surface area (Å²) in [5, 5.41) is 12.2. The highest BCUT2D eigenvalue weighted by molar-refractivity contribution is 5.89. The van der Waals surface area contributed by atoms with Gasteiger partial charge in [0.25, 0.3) is 5.69 Å². The molecule has 4 atom stereocenters. The van der Waals surface area contributed by atoms with Crippen molar-refractivity contribution in [2.24, 2.45) is 35.5 Å². The fourth-order valence-corrected chi connectivity index (χ4v) is 10.5. The van der Waals surface area contributed by atoms with Crippen LogP contribution in [0.5, 0.6) is 46.0 Å². The number of nitrogens with zero attached hydrogens (tertiary/aromatic N) is 5.